The van der Waals surface area contributed by atoms with Crippen molar-refractivity contribution in [1.82, 2.24) is 4.90 Å². The summed E-state index contributed by atoms with van der Waals surface area (Å²) in [6.07, 6.45) is -6.53. The summed E-state index contributed by atoms with van der Waals surface area (Å²) in [5, 5.41) is 0. The number of carbonyl (C=O) groups is 1. The minimum Gasteiger partial charge on any atom is -0.493 e. The predicted molar refractivity (Wildman–Crippen MR) is 77.8 cm³/mol. The molecular formula is C15H18F3NO5. The number of amides is 1. The molecule has 134 valence electrons. The van der Waals surface area contributed by atoms with Gasteiger partial charge in [-0.15, -0.1) is 0 Å². The van der Waals surface area contributed by atoms with E-state index in [9.17, 15) is 18.0 Å². The number of nitrogens with zero attached hydrogens (tertiary/aromatic N) is 1. The number of alkyl halides is 3. The summed E-state index contributed by atoms with van der Waals surface area (Å²) in [5.41, 5.74) is 0.0953. The summed E-state index contributed by atoms with van der Waals surface area (Å²) in [7, 11) is 4.14. The van der Waals surface area contributed by atoms with Crippen LogP contribution in [0.5, 0.6) is 17.2 Å². The third kappa shape index (κ3) is 3.50. The van der Waals surface area contributed by atoms with Gasteiger partial charge >= 0.3 is 6.18 Å². The SMILES string of the molecule is COc1ccc(C(=O)N2CCO[C@@H](C(F)(F)F)C2)c(OC)c1OC. The third-order valence-corrected chi connectivity index (χ3v) is 3.65. The van der Waals surface area contributed by atoms with Crippen molar-refractivity contribution in [2.75, 3.05) is 41.0 Å². The maximum absolute atomic E-state index is 12.8. The van der Waals surface area contributed by atoms with Crippen LogP contribution in [0.2, 0.25) is 0 Å². The Bertz CT molecular complexity index is 606. The smallest absolute Gasteiger partial charge is 0.416 e. The molecule has 2 rings (SSSR count). The van der Waals surface area contributed by atoms with Crippen LogP contribution in [0.25, 0.3) is 0 Å². The van der Waals surface area contributed by atoms with Crippen molar-refractivity contribution in [3.8, 4) is 17.2 Å². The van der Waals surface area contributed by atoms with E-state index in [1.165, 1.54) is 33.5 Å². The van der Waals surface area contributed by atoms with Gasteiger partial charge in [-0.2, -0.15) is 13.2 Å². The number of methoxy groups -OCH3 is 3. The first kappa shape index (κ1) is 18.2. The zero-order valence-electron chi connectivity index (χ0n) is 13.5. The molecule has 1 heterocycles. The Kier molecular flexibility index (Phi) is 5.43. The van der Waals surface area contributed by atoms with Crippen LogP contribution in [-0.2, 0) is 4.74 Å². The summed E-state index contributed by atoms with van der Waals surface area (Å²) in [6.45, 7) is -0.700. The molecule has 9 heteroatoms. The maximum Gasteiger partial charge on any atom is 0.416 e. The highest BCUT2D eigenvalue weighted by atomic mass is 19.4. The molecule has 1 aliphatic heterocycles. The predicted octanol–water partition coefficient (Wildman–Crippen LogP) is 2.12. The van der Waals surface area contributed by atoms with Gasteiger partial charge in [0, 0.05) is 6.54 Å². The molecule has 1 aliphatic rings. The van der Waals surface area contributed by atoms with Crippen molar-refractivity contribution < 1.29 is 36.9 Å². The number of ether oxygens (including phenoxy) is 4. The lowest BCUT2D eigenvalue weighted by molar-refractivity contribution is -0.233. The van der Waals surface area contributed by atoms with Crippen molar-refractivity contribution in [1.29, 1.82) is 0 Å². The molecule has 0 bridgehead atoms. The molecule has 0 aromatic heterocycles. The van der Waals surface area contributed by atoms with E-state index in [-0.39, 0.29) is 30.2 Å². The lowest BCUT2D eigenvalue weighted by Gasteiger charge is -2.34. The normalized spacial score (nSPS) is 18.2. The molecule has 1 fully saturated rings. The van der Waals surface area contributed by atoms with E-state index in [2.05, 4.69) is 0 Å². The molecule has 1 amide bonds. The first-order chi connectivity index (χ1) is 11.3. The van der Waals surface area contributed by atoms with E-state index in [1.54, 1.807) is 0 Å². The largest absolute Gasteiger partial charge is 0.493 e. The first-order valence-corrected chi connectivity index (χ1v) is 7.10. The molecular weight excluding hydrogens is 331 g/mol. The standard InChI is InChI=1S/C15H18F3NO5/c1-21-10-5-4-9(12(22-2)13(10)23-3)14(20)19-6-7-24-11(8-19)15(16,17)18/h4-5,11H,6-8H2,1-3H3/t11-/m1/s1. The third-order valence-electron chi connectivity index (χ3n) is 3.65. The second-order valence-electron chi connectivity index (χ2n) is 5.03. The van der Waals surface area contributed by atoms with Crippen LogP contribution in [0, 0.1) is 0 Å². The fourth-order valence-electron chi connectivity index (χ4n) is 2.47. The van der Waals surface area contributed by atoms with Crippen LogP contribution < -0.4 is 14.2 Å². The molecule has 1 atom stereocenters. The summed E-state index contributed by atoms with van der Waals surface area (Å²) in [4.78, 5) is 13.7. The number of hydrogen-bond donors (Lipinski definition) is 0. The molecule has 0 saturated carbocycles. The minimum absolute atomic E-state index is 0.0584. The number of hydrogen-bond acceptors (Lipinski definition) is 5. The van der Waals surface area contributed by atoms with E-state index >= 15 is 0 Å². The summed E-state index contributed by atoms with van der Waals surface area (Å²) in [6, 6.07) is 2.93. The summed E-state index contributed by atoms with van der Waals surface area (Å²) < 4.78 is 58.7. The van der Waals surface area contributed by atoms with Crippen LogP contribution in [0.1, 0.15) is 10.4 Å². The van der Waals surface area contributed by atoms with Crippen molar-refractivity contribution >= 4 is 5.91 Å². The van der Waals surface area contributed by atoms with Crippen molar-refractivity contribution in [2.45, 2.75) is 12.3 Å². The Hall–Kier alpha value is -2.16. The van der Waals surface area contributed by atoms with Gasteiger partial charge in [-0.3, -0.25) is 4.79 Å². The average Bonchev–Trinajstić information content (AvgIpc) is 2.58. The molecule has 24 heavy (non-hydrogen) atoms. The highest BCUT2D eigenvalue weighted by Crippen LogP contribution is 2.40. The lowest BCUT2D eigenvalue weighted by Crippen LogP contribution is -2.51. The van der Waals surface area contributed by atoms with Crippen LogP contribution in [0.3, 0.4) is 0 Å². The minimum atomic E-state index is -4.53. The van der Waals surface area contributed by atoms with Crippen molar-refractivity contribution in [3.63, 3.8) is 0 Å². The monoisotopic (exact) mass is 349 g/mol. The quantitative estimate of drug-likeness (QED) is 0.833. The summed E-state index contributed by atoms with van der Waals surface area (Å²) in [5.74, 6) is 0.0646. The van der Waals surface area contributed by atoms with E-state index < -0.39 is 24.7 Å². The number of rotatable bonds is 4. The van der Waals surface area contributed by atoms with Gasteiger partial charge in [0.15, 0.2) is 17.6 Å². The Morgan fingerprint density at radius 2 is 1.83 bits per heavy atom. The average molecular weight is 349 g/mol. The van der Waals surface area contributed by atoms with Gasteiger partial charge in [0.1, 0.15) is 0 Å². The van der Waals surface area contributed by atoms with Gasteiger partial charge in [-0.1, -0.05) is 0 Å². The first-order valence-electron chi connectivity index (χ1n) is 7.10. The highest BCUT2D eigenvalue weighted by molar-refractivity contribution is 5.98. The van der Waals surface area contributed by atoms with Gasteiger partial charge < -0.3 is 23.8 Å². The highest BCUT2D eigenvalue weighted by Gasteiger charge is 2.44. The number of benzene rings is 1. The Morgan fingerprint density at radius 3 is 2.38 bits per heavy atom. The molecule has 1 aromatic rings. The number of morpholine rings is 1. The molecule has 0 spiro atoms. The van der Waals surface area contributed by atoms with E-state index in [4.69, 9.17) is 18.9 Å². The summed E-state index contributed by atoms with van der Waals surface area (Å²) >= 11 is 0. The van der Waals surface area contributed by atoms with E-state index in [0.717, 1.165) is 4.90 Å². The number of halogens is 3. The Labute approximate surface area is 137 Å². The molecule has 6 nitrogen and oxygen atoms in total. The zero-order valence-corrected chi connectivity index (χ0v) is 13.5. The van der Waals surface area contributed by atoms with Crippen LogP contribution in [0.15, 0.2) is 12.1 Å². The van der Waals surface area contributed by atoms with E-state index in [1.807, 2.05) is 0 Å². The Morgan fingerprint density at radius 1 is 1.17 bits per heavy atom. The van der Waals surface area contributed by atoms with Gasteiger partial charge in [0.2, 0.25) is 5.75 Å². The van der Waals surface area contributed by atoms with Gasteiger partial charge in [0.05, 0.1) is 40.0 Å². The fraction of sp³-hybridized carbons (Fsp3) is 0.533. The van der Waals surface area contributed by atoms with Crippen molar-refractivity contribution in [2.24, 2.45) is 0 Å². The molecule has 0 N–H and O–H groups in total. The van der Waals surface area contributed by atoms with Crippen LogP contribution in [-0.4, -0.2) is 64.1 Å². The Balaban J connectivity index is 2.32. The topological polar surface area (TPSA) is 57.2 Å². The molecule has 0 aliphatic carbocycles. The molecule has 1 aromatic carbocycles. The zero-order chi connectivity index (χ0) is 17.9. The second-order valence-corrected chi connectivity index (χ2v) is 5.03. The van der Waals surface area contributed by atoms with Crippen LogP contribution >= 0.6 is 0 Å². The van der Waals surface area contributed by atoms with Crippen molar-refractivity contribution in [3.05, 3.63) is 17.7 Å². The molecule has 1 saturated heterocycles. The number of carbonyl (C=O) groups excluding carboxylic acids is 1. The molecule has 0 unspecified atom stereocenters. The van der Waals surface area contributed by atoms with E-state index in [0.29, 0.717) is 5.75 Å². The van der Waals surface area contributed by atoms with Gasteiger partial charge in [-0.25, -0.2) is 0 Å². The fourth-order valence-corrected chi connectivity index (χ4v) is 2.47. The lowest BCUT2D eigenvalue weighted by atomic mass is 10.1. The van der Waals surface area contributed by atoms with Gasteiger partial charge in [0.25, 0.3) is 5.91 Å². The second kappa shape index (κ2) is 7.16. The van der Waals surface area contributed by atoms with Gasteiger partial charge in [-0.05, 0) is 12.1 Å². The molecule has 0 radical (unpaired) electrons. The maximum atomic E-state index is 12.8. The van der Waals surface area contributed by atoms with Crippen LogP contribution in [0.4, 0.5) is 13.2 Å².